The van der Waals surface area contributed by atoms with Gasteiger partial charge in [0.05, 0.1) is 0 Å². The molecule has 74 valence electrons. The fourth-order valence-corrected chi connectivity index (χ4v) is 0.906. The number of hydrogen-bond donors (Lipinski definition) is 1. The molecule has 13 heavy (non-hydrogen) atoms. The highest BCUT2D eigenvalue weighted by Gasteiger charge is 2.37. The summed E-state index contributed by atoms with van der Waals surface area (Å²) >= 11 is 0. The van der Waals surface area contributed by atoms with Crippen molar-refractivity contribution >= 4 is 0 Å². The Kier molecular flexibility index (Phi) is 2.60. The monoisotopic (exact) mass is 193 g/mol. The predicted octanol–water partition coefficient (Wildman–Crippen LogP) is 0.852. The third-order valence-corrected chi connectivity index (χ3v) is 1.74. The van der Waals surface area contributed by atoms with Crippen molar-refractivity contribution in [3.05, 3.63) is 18.2 Å². The summed E-state index contributed by atoms with van der Waals surface area (Å²) in [5, 5.41) is 0. The minimum atomic E-state index is -4.36. The number of rotatable bonds is 2. The quantitative estimate of drug-likeness (QED) is 0.756. The van der Waals surface area contributed by atoms with Gasteiger partial charge < -0.3 is 10.3 Å². The number of hydrogen-bond acceptors (Lipinski definition) is 2. The number of nitrogens with two attached hydrogens (primary N) is 1. The smallest absolute Gasteiger partial charge is 0.338 e. The van der Waals surface area contributed by atoms with E-state index >= 15 is 0 Å². The van der Waals surface area contributed by atoms with Crippen LogP contribution in [0, 0.1) is 0 Å². The molecular formula is C7H10F3N3. The molecule has 3 nitrogen and oxygen atoms in total. The zero-order valence-electron chi connectivity index (χ0n) is 7.04. The molecule has 1 unspecified atom stereocenters. The molecule has 2 N–H and O–H groups in total. The molecule has 1 atom stereocenters. The second kappa shape index (κ2) is 3.37. The Morgan fingerprint density at radius 2 is 2.23 bits per heavy atom. The molecule has 1 aromatic heterocycles. The van der Waals surface area contributed by atoms with Crippen LogP contribution in [-0.4, -0.2) is 21.8 Å². The maximum Gasteiger partial charge on any atom is 0.404 e. The largest absolute Gasteiger partial charge is 0.404 e. The van der Waals surface area contributed by atoms with Crippen LogP contribution in [0.25, 0.3) is 0 Å². The van der Waals surface area contributed by atoms with Crippen molar-refractivity contribution in [3.8, 4) is 0 Å². The van der Waals surface area contributed by atoms with Crippen LogP contribution < -0.4 is 5.73 Å². The summed E-state index contributed by atoms with van der Waals surface area (Å²) in [6, 6.07) is -1.84. The number of aryl methyl sites for hydroxylation is 1. The Morgan fingerprint density at radius 1 is 1.62 bits per heavy atom. The Labute approximate surface area is 73.4 Å². The molecule has 0 saturated carbocycles. The van der Waals surface area contributed by atoms with Crippen molar-refractivity contribution in [3.63, 3.8) is 0 Å². The highest BCUT2D eigenvalue weighted by molar-refractivity contribution is 4.95. The van der Waals surface area contributed by atoms with E-state index in [9.17, 15) is 13.2 Å². The van der Waals surface area contributed by atoms with Gasteiger partial charge in [0.25, 0.3) is 0 Å². The van der Waals surface area contributed by atoms with Crippen molar-refractivity contribution in [2.45, 2.75) is 18.6 Å². The topological polar surface area (TPSA) is 43.8 Å². The minimum Gasteiger partial charge on any atom is -0.338 e. The molecule has 0 saturated heterocycles. The Hall–Kier alpha value is -1.04. The van der Waals surface area contributed by atoms with Crippen LogP contribution in [0.1, 0.15) is 5.82 Å². The van der Waals surface area contributed by atoms with Crippen LogP contribution in [0.3, 0.4) is 0 Å². The van der Waals surface area contributed by atoms with Crippen LogP contribution in [-0.2, 0) is 13.5 Å². The third kappa shape index (κ3) is 2.45. The van der Waals surface area contributed by atoms with E-state index in [1.54, 1.807) is 13.2 Å². The molecule has 1 aromatic rings. The van der Waals surface area contributed by atoms with E-state index in [-0.39, 0.29) is 6.42 Å². The van der Waals surface area contributed by atoms with Crippen molar-refractivity contribution in [1.82, 2.24) is 9.55 Å². The molecule has 1 heterocycles. The molecule has 0 aromatic carbocycles. The van der Waals surface area contributed by atoms with Crippen LogP contribution in [0.2, 0.25) is 0 Å². The van der Waals surface area contributed by atoms with Crippen molar-refractivity contribution in [1.29, 1.82) is 0 Å². The molecule has 0 bridgehead atoms. The van der Waals surface area contributed by atoms with Crippen LogP contribution in [0.5, 0.6) is 0 Å². The molecule has 0 aliphatic heterocycles. The predicted molar refractivity (Wildman–Crippen MR) is 40.9 cm³/mol. The lowest BCUT2D eigenvalue weighted by atomic mass is 10.2. The molecule has 6 heteroatoms. The van der Waals surface area contributed by atoms with E-state index in [1.807, 2.05) is 0 Å². The van der Waals surface area contributed by atoms with Crippen LogP contribution in [0.15, 0.2) is 12.4 Å². The second-order valence-electron chi connectivity index (χ2n) is 2.81. The molecule has 0 amide bonds. The lowest BCUT2D eigenvalue weighted by molar-refractivity contribution is -0.147. The van der Waals surface area contributed by atoms with Gasteiger partial charge in [-0.3, -0.25) is 0 Å². The SMILES string of the molecule is Cn1ccnc1CC(N)C(F)(F)F. The fraction of sp³-hybridized carbons (Fsp3) is 0.571. The molecule has 1 rings (SSSR count). The zero-order chi connectivity index (χ0) is 10.1. The van der Waals surface area contributed by atoms with Crippen LogP contribution in [0.4, 0.5) is 13.2 Å². The van der Waals surface area contributed by atoms with E-state index in [1.165, 1.54) is 10.8 Å². The molecule has 0 aliphatic rings. The normalized spacial score (nSPS) is 14.5. The van der Waals surface area contributed by atoms with E-state index in [4.69, 9.17) is 5.73 Å². The first-order valence-corrected chi connectivity index (χ1v) is 3.69. The molecular weight excluding hydrogens is 183 g/mol. The Balaban J connectivity index is 2.65. The molecule has 0 radical (unpaired) electrons. The standard InChI is InChI=1S/C7H10F3N3/c1-13-3-2-12-6(13)4-5(11)7(8,9)10/h2-3,5H,4,11H2,1H3. The Bertz CT molecular complexity index is 279. The first-order chi connectivity index (χ1) is 5.91. The Morgan fingerprint density at radius 3 is 2.62 bits per heavy atom. The highest BCUT2D eigenvalue weighted by Crippen LogP contribution is 2.20. The summed E-state index contributed by atoms with van der Waals surface area (Å²) in [4.78, 5) is 3.75. The van der Waals surface area contributed by atoms with Gasteiger partial charge in [-0.25, -0.2) is 4.98 Å². The number of alkyl halides is 3. The van der Waals surface area contributed by atoms with E-state index in [2.05, 4.69) is 4.98 Å². The minimum absolute atomic E-state index is 0.285. The lowest BCUT2D eigenvalue weighted by Crippen LogP contribution is -2.39. The van der Waals surface area contributed by atoms with Gasteiger partial charge in [0.15, 0.2) is 0 Å². The van der Waals surface area contributed by atoms with Gasteiger partial charge in [-0.1, -0.05) is 0 Å². The maximum absolute atomic E-state index is 12.0. The molecule has 0 spiro atoms. The summed E-state index contributed by atoms with van der Waals surface area (Å²) in [5.74, 6) is 0.338. The molecule has 0 fully saturated rings. The van der Waals surface area contributed by atoms with E-state index in [0.29, 0.717) is 5.82 Å². The van der Waals surface area contributed by atoms with Gasteiger partial charge in [0.1, 0.15) is 11.9 Å². The second-order valence-corrected chi connectivity index (χ2v) is 2.81. The average molecular weight is 193 g/mol. The first-order valence-electron chi connectivity index (χ1n) is 3.69. The van der Waals surface area contributed by atoms with Crippen molar-refractivity contribution < 1.29 is 13.2 Å². The number of imidazole rings is 1. The number of nitrogens with zero attached hydrogens (tertiary/aromatic N) is 2. The average Bonchev–Trinajstić information content (AvgIpc) is 2.34. The maximum atomic E-state index is 12.0. The van der Waals surface area contributed by atoms with Gasteiger partial charge in [0, 0.05) is 25.9 Å². The zero-order valence-corrected chi connectivity index (χ0v) is 7.04. The third-order valence-electron chi connectivity index (χ3n) is 1.74. The molecule has 0 aliphatic carbocycles. The number of halogens is 3. The van der Waals surface area contributed by atoms with Gasteiger partial charge in [-0.2, -0.15) is 13.2 Å². The summed E-state index contributed by atoms with van der Waals surface area (Å²) in [6.07, 6.45) is -1.62. The van der Waals surface area contributed by atoms with Crippen molar-refractivity contribution in [2.24, 2.45) is 12.8 Å². The summed E-state index contributed by atoms with van der Waals surface area (Å²) < 4.78 is 37.6. The van der Waals surface area contributed by atoms with Crippen LogP contribution >= 0.6 is 0 Å². The summed E-state index contributed by atoms with van der Waals surface area (Å²) in [6.45, 7) is 0. The first kappa shape index (κ1) is 10.0. The van der Waals surface area contributed by atoms with Gasteiger partial charge in [-0.05, 0) is 0 Å². The van der Waals surface area contributed by atoms with Gasteiger partial charge in [0.2, 0.25) is 0 Å². The van der Waals surface area contributed by atoms with Gasteiger partial charge in [-0.15, -0.1) is 0 Å². The highest BCUT2D eigenvalue weighted by atomic mass is 19.4. The summed E-state index contributed by atoms with van der Waals surface area (Å²) in [7, 11) is 1.63. The summed E-state index contributed by atoms with van der Waals surface area (Å²) in [5.41, 5.74) is 4.93. The van der Waals surface area contributed by atoms with Gasteiger partial charge >= 0.3 is 6.18 Å². The van der Waals surface area contributed by atoms with Crippen molar-refractivity contribution in [2.75, 3.05) is 0 Å². The lowest BCUT2D eigenvalue weighted by Gasteiger charge is -2.14. The fourth-order valence-electron chi connectivity index (χ4n) is 0.906. The number of aromatic nitrogens is 2. The van der Waals surface area contributed by atoms with E-state index in [0.717, 1.165) is 0 Å². The van der Waals surface area contributed by atoms with E-state index < -0.39 is 12.2 Å².